The van der Waals surface area contributed by atoms with Crippen molar-refractivity contribution >= 4 is 27.5 Å². The molecule has 5 heteroatoms. The molecule has 2 bridgehead atoms. The van der Waals surface area contributed by atoms with Gasteiger partial charge in [-0.3, -0.25) is 9.20 Å². The Kier molecular flexibility index (Phi) is 3.94. The second-order valence-electron chi connectivity index (χ2n) is 7.68. The number of aryl methyl sites for hydroxylation is 2. The van der Waals surface area contributed by atoms with Gasteiger partial charge in [-0.15, -0.1) is 0 Å². The van der Waals surface area contributed by atoms with Crippen LogP contribution in [0.3, 0.4) is 0 Å². The highest BCUT2D eigenvalue weighted by molar-refractivity contribution is 9.10. The van der Waals surface area contributed by atoms with Gasteiger partial charge < -0.3 is 5.32 Å². The summed E-state index contributed by atoms with van der Waals surface area (Å²) in [4.78, 5) is 17.5. The molecule has 0 aliphatic heterocycles. The predicted octanol–water partition coefficient (Wildman–Crippen LogP) is 4.27. The van der Waals surface area contributed by atoms with Crippen molar-refractivity contribution in [3.63, 3.8) is 0 Å². The first-order valence-electron chi connectivity index (χ1n) is 8.89. The van der Waals surface area contributed by atoms with Crippen LogP contribution in [0.1, 0.15) is 54.4 Å². The molecule has 2 saturated carbocycles. The smallest absolute Gasteiger partial charge is 0.270 e. The maximum absolute atomic E-state index is 12.9. The summed E-state index contributed by atoms with van der Waals surface area (Å²) in [6, 6.07) is 2.26. The lowest BCUT2D eigenvalue weighted by molar-refractivity contribution is 0.0908. The third kappa shape index (κ3) is 2.57. The van der Waals surface area contributed by atoms with E-state index in [1.807, 2.05) is 30.5 Å². The molecule has 0 saturated heterocycles. The van der Waals surface area contributed by atoms with E-state index < -0.39 is 0 Å². The van der Waals surface area contributed by atoms with E-state index in [2.05, 4.69) is 33.2 Å². The SMILES string of the molecule is Cc1nc2c(C)cc(Br)cn2c1C(=O)NC(C)C1CC2CCC1C2. The largest absolute Gasteiger partial charge is 0.348 e. The molecule has 0 aromatic carbocycles. The molecule has 4 rings (SSSR count). The molecule has 2 heterocycles. The number of halogens is 1. The van der Waals surface area contributed by atoms with Gasteiger partial charge in [0, 0.05) is 16.7 Å². The molecule has 1 amide bonds. The number of nitrogens with one attached hydrogen (secondary N) is 1. The van der Waals surface area contributed by atoms with Gasteiger partial charge in [-0.05, 0) is 85.3 Å². The summed E-state index contributed by atoms with van der Waals surface area (Å²) in [5.74, 6) is 2.34. The lowest BCUT2D eigenvalue weighted by atomic mass is 9.84. The highest BCUT2D eigenvalue weighted by atomic mass is 79.9. The predicted molar refractivity (Wildman–Crippen MR) is 98.2 cm³/mol. The van der Waals surface area contributed by atoms with Crippen LogP contribution < -0.4 is 5.32 Å². The Bertz CT molecular complexity index is 813. The summed E-state index contributed by atoms with van der Waals surface area (Å²) >= 11 is 3.52. The number of carbonyl (C=O) groups is 1. The molecular formula is C19H24BrN3O. The normalized spacial score (nSPS) is 26.9. The molecular weight excluding hydrogens is 366 g/mol. The molecule has 2 aromatic rings. The molecule has 2 aliphatic carbocycles. The van der Waals surface area contributed by atoms with Gasteiger partial charge in [-0.25, -0.2) is 4.98 Å². The highest BCUT2D eigenvalue weighted by Crippen LogP contribution is 2.49. The number of rotatable bonds is 3. The lowest BCUT2D eigenvalue weighted by Gasteiger charge is -2.28. The summed E-state index contributed by atoms with van der Waals surface area (Å²) in [6.07, 6.45) is 7.31. The first-order chi connectivity index (χ1) is 11.4. The zero-order valence-corrected chi connectivity index (χ0v) is 16.1. The van der Waals surface area contributed by atoms with Gasteiger partial charge in [0.15, 0.2) is 0 Å². The summed E-state index contributed by atoms with van der Waals surface area (Å²) in [5, 5.41) is 3.27. The van der Waals surface area contributed by atoms with E-state index in [1.165, 1.54) is 25.7 Å². The second-order valence-corrected chi connectivity index (χ2v) is 8.60. The molecule has 1 N–H and O–H groups in total. The maximum Gasteiger partial charge on any atom is 0.270 e. The number of amides is 1. The van der Waals surface area contributed by atoms with Crippen LogP contribution in [0.5, 0.6) is 0 Å². The van der Waals surface area contributed by atoms with Gasteiger partial charge in [-0.2, -0.15) is 0 Å². The minimum Gasteiger partial charge on any atom is -0.348 e. The Morgan fingerprint density at radius 3 is 2.83 bits per heavy atom. The molecule has 0 spiro atoms. The van der Waals surface area contributed by atoms with Crippen molar-refractivity contribution < 1.29 is 4.79 Å². The summed E-state index contributed by atoms with van der Waals surface area (Å²) in [6.45, 7) is 6.10. The fourth-order valence-corrected chi connectivity index (χ4v) is 5.49. The van der Waals surface area contributed by atoms with E-state index in [4.69, 9.17) is 0 Å². The van der Waals surface area contributed by atoms with E-state index in [-0.39, 0.29) is 11.9 Å². The van der Waals surface area contributed by atoms with Crippen molar-refractivity contribution in [1.29, 1.82) is 0 Å². The first-order valence-corrected chi connectivity index (χ1v) is 9.69. The average Bonchev–Trinajstić information content (AvgIpc) is 3.20. The first kappa shape index (κ1) is 16.1. The van der Waals surface area contributed by atoms with Crippen LogP contribution in [0.2, 0.25) is 0 Å². The fourth-order valence-electron chi connectivity index (χ4n) is 4.94. The molecule has 2 aromatic heterocycles. The Hall–Kier alpha value is -1.36. The van der Waals surface area contributed by atoms with Crippen LogP contribution in [0.25, 0.3) is 5.65 Å². The van der Waals surface area contributed by atoms with E-state index in [0.717, 1.165) is 33.2 Å². The van der Waals surface area contributed by atoms with Gasteiger partial charge in [0.2, 0.25) is 0 Å². The van der Waals surface area contributed by atoms with Crippen molar-refractivity contribution in [1.82, 2.24) is 14.7 Å². The zero-order valence-electron chi connectivity index (χ0n) is 14.5. The third-order valence-corrected chi connectivity index (χ3v) is 6.49. The van der Waals surface area contributed by atoms with Crippen LogP contribution in [-0.4, -0.2) is 21.3 Å². The number of aromatic nitrogens is 2. The second kappa shape index (κ2) is 5.87. The van der Waals surface area contributed by atoms with Crippen molar-refractivity contribution in [2.45, 2.75) is 52.5 Å². The van der Waals surface area contributed by atoms with Crippen molar-refractivity contribution in [2.75, 3.05) is 0 Å². The van der Waals surface area contributed by atoms with Crippen molar-refractivity contribution in [2.24, 2.45) is 17.8 Å². The molecule has 4 nitrogen and oxygen atoms in total. The Morgan fingerprint density at radius 1 is 1.38 bits per heavy atom. The zero-order chi connectivity index (χ0) is 17.0. The lowest BCUT2D eigenvalue weighted by Crippen LogP contribution is -2.40. The monoisotopic (exact) mass is 389 g/mol. The number of hydrogen-bond donors (Lipinski definition) is 1. The van der Waals surface area contributed by atoms with Gasteiger partial charge in [0.05, 0.1) is 5.69 Å². The van der Waals surface area contributed by atoms with Crippen LogP contribution in [0.4, 0.5) is 0 Å². The topological polar surface area (TPSA) is 46.4 Å². The summed E-state index contributed by atoms with van der Waals surface area (Å²) in [7, 11) is 0. The highest BCUT2D eigenvalue weighted by Gasteiger charge is 2.42. The van der Waals surface area contributed by atoms with Gasteiger partial charge >= 0.3 is 0 Å². The third-order valence-electron chi connectivity index (χ3n) is 6.05. The fraction of sp³-hybridized carbons (Fsp3) is 0.579. The quantitative estimate of drug-likeness (QED) is 0.851. The van der Waals surface area contributed by atoms with Crippen molar-refractivity contribution in [3.8, 4) is 0 Å². The van der Waals surface area contributed by atoms with Gasteiger partial charge in [0.25, 0.3) is 5.91 Å². The summed E-state index contributed by atoms with van der Waals surface area (Å²) in [5.41, 5.74) is 3.36. The number of fused-ring (bicyclic) bond motifs is 3. The molecule has 4 unspecified atom stereocenters. The van der Waals surface area contributed by atoms with Crippen LogP contribution in [0, 0.1) is 31.6 Å². The van der Waals surface area contributed by atoms with E-state index in [9.17, 15) is 4.79 Å². The van der Waals surface area contributed by atoms with Gasteiger partial charge in [-0.1, -0.05) is 6.42 Å². The van der Waals surface area contributed by atoms with Crippen LogP contribution >= 0.6 is 15.9 Å². The minimum absolute atomic E-state index is 0.00669. The number of nitrogens with zero attached hydrogens (tertiary/aromatic N) is 2. The Labute approximate surface area is 151 Å². The number of imidazole rings is 1. The van der Waals surface area contributed by atoms with E-state index in [0.29, 0.717) is 11.6 Å². The summed E-state index contributed by atoms with van der Waals surface area (Å²) < 4.78 is 2.87. The maximum atomic E-state index is 12.9. The minimum atomic E-state index is -0.00669. The molecule has 2 fully saturated rings. The Balaban J connectivity index is 1.60. The van der Waals surface area contributed by atoms with Gasteiger partial charge in [0.1, 0.15) is 11.3 Å². The molecule has 24 heavy (non-hydrogen) atoms. The molecule has 0 radical (unpaired) electrons. The molecule has 4 atom stereocenters. The number of pyridine rings is 1. The Morgan fingerprint density at radius 2 is 2.17 bits per heavy atom. The van der Waals surface area contributed by atoms with Crippen LogP contribution in [-0.2, 0) is 0 Å². The standard InChI is InChI=1S/C19H24BrN3O/c1-10-6-15(20)9-23-17(12(3)21-18(10)23)19(24)22-11(2)16-8-13-4-5-14(16)7-13/h6,9,11,13-14,16H,4-5,7-8H2,1-3H3,(H,22,24). The number of carbonyl (C=O) groups excluding carboxylic acids is 1. The van der Waals surface area contributed by atoms with Crippen LogP contribution in [0.15, 0.2) is 16.7 Å². The molecule has 2 aliphatic rings. The van der Waals surface area contributed by atoms with E-state index >= 15 is 0 Å². The van der Waals surface area contributed by atoms with Crippen molar-refractivity contribution in [3.05, 3.63) is 33.7 Å². The molecule has 128 valence electrons. The number of hydrogen-bond acceptors (Lipinski definition) is 2. The van der Waals surface area contributed by atoms with E-state index in [1.54, 1.807) is 0 Å². The average molecular weight is 390 g/mol.